The van der Waals surface area contributed by atoms with Crippen LogP contribution < -0.4 is 5.32 Å². The third kappa shape index (κ3) is 5.29. The highest BCUT2D eigenvalue weighted by atomic mass is 32.1. The minimum Gasteiger partial charge on any atom is -0.339 e. The molecule has 0 atom stereocenters. The molecule has 3 aromatic rings. The van der Waals surface area contributed by atoms with E-state index in [9.17, 15) is 9.59 Å². The number of amides is 2. The number of piperidine rings is 1. The second-order valence-electron chi connectivity index (χ2n) is 7.89. The predicted molar refractivity (Wildman–Crippen MR) is 125 cm³/mol. The lowest BCUT2D eigenvalue weighted by Crippen LogP contribution is -2.49. The molecule has 6 nitrogen and oxygen atoms in total. The van der Waals surface area contributed by atoms with Crippen LogP contribution in [0.15, 0.2) is 54.6 Å². The molecule has 31 heavy (non-hydrogen) atoms. The standard InChI is InChI=1S/C24H28N4O2S/c1-2-14-28(17-22(29)26-24-25-20-10-6-7-11-21(20)31-24)19-12-15-27(16-13-19)23(30)18-8-4-3-5-9-18/h3-11,19H,2,12-17H2,1H3,(H,25,26,29). The number of aromatic nitrogens is 1. The van der Waals surface area contributed by atoms with Gasteiger partial charge in [-0.05, 0) is 50.1 Å². The fraction of sp³-hybridized carbons (Fsp3) is 0.375. The monoisotopic (exact) mass is 436 g/mol. The maximum atomic E-state index is 12.7. The topological polar surface area (TPSA) is 65.5 Å². The van der Waals surface area contributed by atoms with Crippen LogP contribution in [0.5, 0.6) is 0 Å². The van der Waals surface area contributed by atoms with Gasteiger partial charge in [-0.1, -0.05) is 48.6 Å². The first-order chi connectivity index (χ1) is 15.1. The summed E-state index contributed by atoms with van der Waals surface area (Å²) in [5, 5.41) is 3.61. The first-order valence-corrected chi connectivity index (χ1v) is 11.7. The van der Waals surface area contributed by atoms with E-state index >= 15 is 0 Å². The Bertz CT molecular complexity index is 995. The zero-order chi connectivity index (χ0) is 21.6. The molecule has 1 saturated heterocycles. The van der Waals surface area contributed by atoms with Crippen molar-refractivity contribution in [3.63, 3.8) is 0 Å². The number of fused-ring (bicyclic) bond motifs is 1. The SMILES string of the molecule is CCCN(CC(=O)Nc1nc2ccccc2s1)C1CCN(C(=O)c2ccccc2)CC1. The Morgan fingerprint density at radius 1 is 1.10 bits per heavy atom. The molecule has 2 heterocycles. The Labute approximate surface area is 186 Å². The maximum Gasteiger partial charge on any atom is 0.253 e. The number of hydrogen-bond donors (Lipinski definition) is 1. The molecule has 0 bridgehead atoms. The van der Waals surface area contributed by atoms with Crippen molar-refractivity contribution in [2.75, 3.05) is 31.5 Å². The average molecular weight is 437 g/mol. The van der Waals surface area contributed by atoms with Gasteiger partial charge in [-0.3, -0.25) is 14.5 Å². The van der Waals surface area contributed by atoms with Crippen LogP contribution in [0, 0.1) is 0 Å². The van der Waals surface area contributed by atoms with Crippen molar-refractivity contribution in [2.45, 2.75) is 32.2 Å². The number of nitrogens with one attached hydrogen (secondary N) is 1. The predicted octanol–water partition coefficient (Wildman–Crippen LogP) is 4.25. The zero-order valence-electron chi connectivity index (χ0n) is 17.8. The van der Waals surface area contributed by atoms with Gasteiger partial charge in [0.15, 0.2) is 5.13 Å². The average Bonchev–Trinajstić information content (AvgIpc) is 3.21. The number of nitrogens with zero attached hydrogens (tertiary/aromatic N) is 3. The van der Waals surface area contributed by atoms with Crippen molar-refractivity contribution >= 4 is 38.5 Å². The Kier molecular flexibility index (Phi) is 6.94. The molecule has 162 valence electrons. The number of hydrogen-bond acceptors (Lipinski definition) is 5. The summed E-state index contributed by atoms with van der Waals surface area (Å²) in [6, 6.07) is 17.6. The van der Waals surface area contributed by atoms with Gasteiger partial charge in [-0.2, -0.15) is 0 Å². The molecular weight excluding hydrogens is 408 g/mol. The quantitative estimate of drug-likeness (QED) is 0.601. The highest BCUT2D eigenvalue weighted by Crippen LogP contribution is 2.25. The summed E-state index contributed by atoms with van der Waals surface area (Å²) in [5.74, 6) is 0.0602. The molecule has 1 aliphatic heterocycles. The van der Waals surface area contributed by atoms with Crippen molar-refractivity contribution in [1.82, 2.24) is 14.8 Å². The Hall–Kier alpha value is -2.77. The third-order valence-corrected chi connectivity index (χ3v) is 6.64. The first kappa shape index (κ1) is 21.5. The van der Waals surface area contributed by atoms with E-state index in [1.165, 1.54) is 11.3 Å². The molecule has 4 rings (SSSR count). The van der Waals surface area contributed by atoms with Crippen LogP contribution in [0.1, 0.15) is 36.5 Å². The lowest BCUT2D eigenvalue weighted by atomic mass is 10.0. The van der Waals surface area contributed by atoms with Crippen molar-refractivity contribution in [3.05, 3.63) is 60.2 Å². The van der Waals surface area contributed by atoms with Gasteiger partial charge in [0, 0.05) is 24.7 Å². The highest BCUT2D eigenvalue weighted by molar-refractivity contribution is 7.22. The van der Waals surface area contributed by atoms with E-state index in [0.717, 1.165) is 54.7 Å². The summed E-state index contributed by atoms with van der Waals surface area (Å²) in [6.07, 6.45) is 2.75. The van der Waals surface area contributed by atoms with Crippen molar-refractivity contribution in [1.29, 1.82) is 0 Å². The summed E-state index contributed by atoms with van der Waals surface area (Å²) in [4.78, 5) is 34.1. The fourth-order valence-electron chi connectivity index (χ4n) is 4.14. The van der Waals surface area contributed by atoms with E-state index < -0.39 is 0 Å². The number of carbonyl (C=O) groups excluding carboxylic acids is 2. The van der Waals surface area contributed by atoms with Gasteiger partial charge in [0.05, 0.1) is 16.8 Å². The number of likely N-dealkylation sites (tertiary alicyclic amines) is 1. The van der Waals surface area contributed by atoms with E-state index in [1.54, 1.807) is 0 Å². The normalized spacial score (nSPS) is 14.8. The minimum absolute atomic E-state index is 0.0321. The highest BCUT2D eigenvalue weighted by Gasteiger charge is 2.28. The summed E-state index contributed by atoms with van der Waals surface area (Å²) in [7, 11) is 0. The molecule has 7 heteroatoms. The summed E-state index contributed by atoms with van der Waals surface area (Å²) >= 11 is 1.50. The smallest absolute Gasteiger partial charge is 0.253 e. The Morgan fingerprint density at radius 2 is 1.81 bits per heavy atom. The van der Waals surface area contributed by atoms with Crippen LogP contribution >= 0.6 is 11.3 Å². The number of carbonyl (C=O) groups is 2. The van der Waals surface area contributed by atoms with Crippen LogP contribution in [0.3, 0.4) is 0 Å². The largest absolute Gasteiger partial charge is 0.339 e. The number of anilines is 1. The molecule has 2 aromatic carbocycles. The van der Waals surface area contributed by atoms with Gasteiger partial charge in [-0.15, -0.1) is 0 Å². The summed E-state index contributed by atoms with van der Waals surface area (Å²) < 4.78 is 1.07. The number of rotatable bonds is 7. The minimum atomic E-state index is -0.0321. The molecule has 0 spiro atoms. The van der Waals surface area contributed by atoms with Crippen molar-refractivity contribution in [3.8, 4) is 0 Å². The second-order valence-corrected chi connectivity index (χ2v) is 8.93. The molecule has 0 unspecified atom stereocenters. The lowest BCUT2D eigenvalue weighted by Gasteiger charge is -2.38. The van der Waals surface area contributed by atoms with Crippen LogP contribution in [-0.2, 0) is 4.79 Å². The summed E-state index contributed by atoms with van der Waals surface area (Å²) in [6.45, 7) is 4.79. The molecule has 1 aromatic heterocycles. The fourth-order valence-corrected chi connectivity index (χ4v) is 5.03. The molecule has 0 aliphatic carbocycles. The van der Waals surface area contributed by atoms with Gasteiger partial charge >= 0.3 is 0 Å². The second kappa shape index (κ2) is 10.0. The van der Waals surface area contributed by atoms with Crippen LogP contribution in [0.25, 0.3) is 10.2 Å². The van der Waals surface area contributed by atoms with Crippen molar-refractivity contribution < 1.29 is 9.59 Å². The third-order valence-electron chi connectivity index (χ3n) is 5.69. The van der Waals surface area contributed by atoms with Crippen LogP contribution in [-0.4, -0.2) is 58.8 Å². The molecule has 2 amide bonds. The summed E-state index contributed by atoms with van der Waals surface area (Å²) in [5.41, 5.74) is 1.64. The van der Waals surface area contributed by atoms with Gasteiger partial charge in [0.1, 0.15) is 0 Å². The van der Waals surface area contributed by atoms with E-state index in [0.29, 0.717) is 17.7 Å². The Balaban J connectivity index is 1.33. The van der Waals surface area contributed by atoms with E-state index in [4.69, 9.17) is 0 Å². The molecule has 1 fully saturated rings. The van der Waals surface area contributed by atoms with Gasteiger partial charge < -0.3 is 10.2 Å². The lowest BCUT2D eigenvalue weighted by molar-refractivity contribution is -0.118. The van der Waals surface area contributed by atoms with E-state index in [-0.39, 0.29) is 11.8 Å². The number of thiazole rings is 1. The van der Waals surface area contributed by atoms with E-state index in [2.05, 4.69) is 22.1 Å². The van der Waals surface area contributed by atoms with Crippen LogP contribution in [0.4, 0.5) is 5.13 Å². The molecule has 1 aliphatic rings. The van der Waals surface area contributed by atoms with Crippen molar-refractivity contribution in [2.24, 2.45) is 0 Å². The van der Waals surface area contributed by atoms with E-state index in [1.807, 2.05) is 59.5 Å². The van der Waals surface area contributed by atoms with Crippen LogP contribution in [0.2, 0.25) is 0 Å². The molecular formula is C24H28N4O2S. The Morgan fingerprint density at radius 3 is 2.52 bits per heavy atom. The maximum absolute atomic E-state index is 12.7. The van der Waals surface area contributed by atoms with Gasteiger partial charge in [0.2, 0.25) is 5.91 Å². The molecule has 0 saturated carbocycles. The van der Waals surface area contributed by atoms with Gasteiger partial charge in [0.25, 0.3) is 5.91 Å². The zero-order valence-corrected chi connectivity index (χ0v) is 18.6. The number of benzene rings is 2. The van der Waals surface area contributed by atoms with Gasteiger partial charge in [-0.25, -0.2) is 4.98 Å². The first-order valence-electron chi connectivity index (χ1n) is 10.9. The molecule has 0 radical (unpaired) electrons. The number of para-hydroxylation sites is 1. The molecule has 1 N–H and O–H groups in total.